The molecule has 1 amide bonds. The van der Waals surface area contributed by atoms with Crippen molar-refractivity contribution in [2.75, 3.05) is 10.6 Å². The number of carbonyl (C=O) groups is 1. The molecule has 0 spiro atoms. The van der Waals surface area contributed by atoms with Crippen LogP contribution in [0.1, 0.15) is 36.8 Å². The van der Waals surface area contributed by atoms with Gasteiger partial charge in [0.2, 0.25) is 5.91 Å². The van der Waals surface area contributed by atoms with Gasteiger partial charge in [0.05, 0.1) is 23.6 Å². The van der Waals surface area contributed by atoms with Gasteiger partial charge in [-0.05, 0) is 55.5 Å². The molecule has 1 fully saturated rings. The van der Waals surface area contributed by atoms with Gasteiger partial charge in [-0.3, -0.25) is 4.79 Å². The summed E-state index contributed by atoms with van der Waals surface area (Å²) in [5.41, 5.74) is 2.77. The summed E-state index contributed by atoms with van der Waals surface area (Å²) in [5.74, 6) is 0.267. The summed E-state index contributed by atoms with van der Waals surface area (Å²) in [5, 5.41) is 5.89. The van der Waals surface area contributed by atoms with Crippen LogP contribution in [0.15, 0.2) is 66.9 Å². The average Bonchev–Trinajstić information content (AvgIpc) is 2.80. The summed E-state index contributed by atoms with van der Waals surface area (Å²) in [4.78, 5) is 24.1. The predicted octanol–water partition coefficient (Wildman–Crippen LogP) is 5.85. The fourth-order valence-electron chi connectivity index (χ4n) is 3.73. The van der Waals surface area contributed by atoms with E-state index < -0.39 is 11.7 Å². The first-order valence-corrected chi connectivity index (χ1v) is 10.5. The van der Waals surface area contributed by atoms with Gasteiger partial charge in [0.1, 0.15) is 12.1 Å². The van der Waals surface area contributed by atoms with Crippen LogP contribution in [0.25, 0.3) is 6.08 Å². The van der Waals surface area contributed by atoms with Crippen LogP contribution in [-0.4, -0.2) is 20.9 Å². The Morgan fingerprint density at radius 2 is 1.76 bits per heavy atom. The maximum absolute atomic E-state index is 12.7. The number of halogens is 3. The number of pyridine rings is 1. The van der Waals surface area contributed by atoms with E-state index in [0.29, 0.717) is 11.5 Å². The molecule has 1 aliphatic carbocycles. The second kappa shape index (κ2) is 9.81. The highest BCUT2D eigenvalue weighted by Gasteiger charge is 2.30. The van der Waals surface area contributed by atoms with Crippen LogP contribution < -0.4 is 10.6 Å². The summed E-state index contributed by atoms with van der Waals surface area (Å²) < 4.78 is 38.1. The number of benzene rings is 1. The molecule has 1 aliphatic rings. The fourth-order valence-corrected chi connectivity index (χ4v) is 3.73. The molecule has 2 aromatic heterocycles. The zero-order valence-electron chi connectivity index (χ0n) is 17.6. The Balaban J connectivity index is 1.34. The smallest absolute Gasteiger partial charge is 0.340 e. The molecule has 0 atom stereocenters. The Bertz CT molecular complexity index is 1120. The quantitative estimate of drug-likeness (QED) is 0.507. The molecule has 3 aromatic rings. The van der Waals surface area contributed by atoms with Gasteiger partial charge in [-0.25, -0.2) is 15.0 Å². The van der Waals surface area contributed by atoms with Crippen LogP contribution in [0.4, 0.5) is 30.4 Å². The van der Waals surface area contributed by atoms with Gasteiger partial charge in [-0.1, -0.05) is 23.8 Å². The largest absolute Gasteiger partial charge is 0.417 e. The van der Waals surface area contributed by atoms with Crippen LogP contribution in [-0.2, 0) is 11.0 Å². The third-order valence-electron chi connectivity index (χ3n) is 5.45. The molecule has 170 valence electrons. The van der Waals surface area contributed by atoms with Crippen molar-refractivity contribution < 1.29 is 18.0 Å². The lowest BCUT2D eigenvalue weighted by Gasteiger charge is -2.23. The predicted molar refractivity (Wildman–Crippen MR) is 120 cm³/mol. The van der Waals surface area contributed by atoms with E-state index in [1.54, 1.807) is 12.4 Å². The van der Waals surface area contributed by atoms with E-state index in [4.69, 9.17) is 0 Å². The summed E-state index contributed by atoms with van der Waals surface area (Å²) >= 11 is 0. The number of anilines is 3. The first kappa shape index (κ1) is 22.4. The van der Waals surface area contributed by atoms with Gasteiger partial charge in [0.25, 0.3) is 0 Å². The van der Waals surface area contributed by atoms with Crippen molar-refractivity contribution in [2.45, 2.75) is 31.9 Å². The molecule has 2 heterocycles. The molecule has 1 saturated carbocycles. The normalized spacial score (nSPS) is 16.2. The van der Waals surface area contributed by atoms with Crippen LogP contribution >= 0.6 is 0 Å². The molecule has 2 N–H and O–H groups in total. The minimum atomic E-state index is -4.41. The summed E-state index contributed by atoms with van der Waals surface area (Å²) in [7, 11) is 0. The topological polar surface area (TPSA) is 79.8 Å². The van der Waals surface area contributed by atoms with E-state index in [9.17, 15) is 18.0 Å². The van der Waals surface area contributed by atoms with Gasteiger partial charge in [-0.15, -0.1) is 0 Å². The number of rotatable bonds is 5. The fraction of sp³-hybridized carbons (Fsp3) is 0.250. The van der Waals surface area contributed by atoms with E-state index in [1.165, 1.54) is 18.0 Å². The van der Waals surface area contributed by atoms with Crippen LogP contribution in [0, 0.1) is 5.92 Å². The highest BCUT2D eigenvalue weighted by Crippen LogP contribution is 2.31. The van der Waals surface area contributed by atoms with Gasteiger partial charge < -0.3 is 10.6 Å². The Labute approximate surface area is 189 Å². The average molecular weight is 453 g/mol. The monoisotopic (exact) mass is 453 g/mol. The lowest BCUT2D eigenvalue weighted by atomic mass is 9.84. The Morgan fingerprint density at radius 3 is 2.42 bits per heavy atom. The second-order valence-corrected chi connectivity index (χ2v) is 7.87. The van der Waals surface area contributed by atoms with E-state index in [2.05, 4.69) is 31.7 Å². The number of alkyl halides is 3. The minimum Gasteiger partial charge on any atom is -0.340 e. The van der Waals surface area contributed by atoms with Crippen molar-refractivity contribution >= 4 is 29.2 Å². The number of nitrogens with one attached hydrogen (secondary N) is 2. The van der Waals surface area contributed by atoms with Crippen molar-refractivity contribution in [3.8, 4) is 0 Å². The number of allylic oxidation sites excluding steroid dienone is 1. The van der Waals surface area contributed by atoms with E-state index in [0.717, 1.165) is 49.2 Å². The maximum atomic E-state index is 12.7. The summed E-state index contributed by atoms with van der Waals surface area (Å²) in [6, 6.07) is 9.89. The Hall–Kier alpha value is -3.75. The molecular weight excluding hydrogens is 431 g/mol. The van der Waals surface area contributed by atoms with Crippen molar-refractivity contribution in [1.29, 1.82) is 0 Å². The van der Waals surface area contributed by atoms with Crippen LogP contribution in [0.5, 0.6) is 0 Å². The first-order valence-electron chi connectivity index (χ1n) is 10.5. The van der Waals surface area contributed by atoms with Crippen LogP contribution in [0.2, 0.25) is 0 Å². The summed E-state index contributed by atoms with van der Waals surface area (Å²) in [6.45, 7) is 0. The third-order valence-corrected chi connectivity index (χ3v) is 5.45. The number of hydrogen-bond donors (Lipinski definition) is 2. The van der Waals surface area contributed by atoms with E-state index >= 15 is 0 Å². The molecule has 33 heavy (non-hydrogen) atoms. The Morgan fingerprint density at radius 1 is 1.00 bits per heavy atom. The molecular formula is C24H22F3N5O. The molecule has 0 aliphatic heterocycles. The number of nitrogens with zero attached hydrogens (tertiary/aromatic N) is 3. The standard InChI is InChI=1S/C24H22F3N5O/c25-24(26,27)19-8-9-22(30-12-19)31-20-3-1-2-17(11-20)10-16-4-6-18(7-5-16)23(33)32-21-13-28-15-29-14-21/h1-3,8-15,18H,4-7H2,(H,30,31)(H,32,33). The zero-order chi connectivity index (χ0) is 23.3. The van der Waals surface area contributed by atoms with Crippen molar-refractivity contribution in [2.24, 2.45) is 5.92 Å². The molecule has 0 unspecified atom stereocenters. The van der Waals surface area contributed by atoms with Crippen molar-refractivity contribution in [1.82, 2.24) is 15.0 Å². The number of carbonyl (C=O) groups excluding carboxylic acids is 1. The van der Waals surface area contributed by atoms with Crippen molar-refractivity contribution in [3.63, 3.8) is 0 Å². The molecule has 0 saturated heterocycles. The molecule has 1 aromatic carbocycles. The SMILES string of the molecule is O=C(Nc1cncnc1)C1CCC(=Cc2cccc(Nc3ccc(C(F)(F)F)cn3)c2)CC1. The maximum Gasteiger partial charge on any atom is 0.417 e. The number of aromatic nitrogens is 3. The lowest BCUT2D eigenvalue weighted by Crippen LogP contribution is -2.25. The molecule has 4 rings (SSSR count). The Kier molecular flexibility index (Phi) is 6.67. The highest BCUT2D eigenvalue weighted by atomic mass is 19.4. The van der Waals surface area contributed by atoms with Crippen molar-refractivity contribution in [3.05, 3.63) is 78.0 Å². The second-order valence-electron chi connectivity index (χ2n) is 7.87. The lowest BCUT2D eigenvalue weighted by molar-refractivity contribution is -0.137. The van der Waals surface area contributed by atoms with Gasteiger partial charge >= 0.3 is 6.18 Å². The van der Waals surface area contributed by atoms with Gasteiger partial charge in [-0.2, -0.15) is 13.2 Å². The molecule has 9 heteroatoms. The number of amides is 1. The highest BCUT2D eigenvalue weighted by molar-refractivity contribution is 5.92. The van der Waals surface area contributed by atoms with Gasteiger partial charge in [0.15, 0.2) is 0 Å². The van der Waals surface area contributed by atoms with Gasteiger partial charge in [0, 0.05) is 17.8 Å². The van der Waals surface area contributed by atoms with Crippen LogP contribution in [0.3, 0.4) is 0 Å². The molecule has 0 bridgehead atoms. The molecule has 6 nitrogen and oxygen atoms in total. The van der Waals surface area contributed by atoms with E-state index in [-0.39, 0.29) is 11.8 Å². The molecule has 0 radical (unpaired) electrons. The van der Waals surface area contributed by atoms with E-state index in [1.807, 2.05) is 24.3 Å². The summed E-state index contributed by atoms with van der Waals surface area (Å²) in [6.07, 6.45) is 6.23. The minimum absolute atomic E-state index is 0.0147. The number of hydrogen-bond acceptors (Lipinski definition) is 5. The first-order chi connectivity index (χ1) is 15.9. The zero-order valence-corrected chi connectivity index (χ0v) is 17.6. The third kappa shape index (κ3) is 6.15.